The molecule has 0 amide bonds. The van der Waals surface area contributed by atoms with Crippen LogP contribution in [-0.4, -0.2) is 13.1 Å². The molecule has 2 nitrogen and oxygen atoms in total. The van der Waals surface area contributed by atoms with Crippen LogP contribution in [0.4, 0.5) is 15.8 Å². The van der Waals surface area contributed by atoms with Gasteiger partial charge in [0.2, 0.25) is 0 Å². The quantitative estimate of drug-likeness (QED) is 0.864. The van der Waals surface area contributed by atoms with E-state index in [1.807, 2.05) is 23.5 Å². The van der Waals surface area contributed by atoms with Crippen LogP contribution in [0.2, 0.25) is 0 Å². The van der Waals surface area contributed by atoms with Crippen molar-refractivity contribution in [3.05, 3.63) is 45.9 Å². The van der Waals surface area contributed by atoms with Crippen molar-refractivity contribution >= 4 is 22.7 Å². The van der Waals surface area contributed by atoms with Crippen molar-refractivity contribution in [2.75, 3.05) is 23.3 Å². The molecule has 3 rings (SSSR count). The van der Waals surface area contributed by atoms with Gasteiger partial charge in [0.15, 0.2) is 0 Å². The number of hydrogen-bond donors (Lipinski definition) is 1. The highest BCUT2D eigenvalue weighted by atomic mass is 32.1. The van der Waals surface area contributed by atoms with Crippen LogP contribution in [0.25, 0.3) is 0 Å². The summed E-state index contributed by atoms with van der Waals surface area (Å²) in [5.74, 6) is -0.123. The van der Waals surface area contributed by atoms with E-state index in [2.05, 4.69) is 29.3 Å². The Kier molecular flexibility index (Phi) is 4.44. The highest BCUT2D eigenvalue weighted by Gasteiger charge is 2.16. The van der Waals surface area contributed by atoms with E-state index in [9.17, 15) is 4.39 Å². The Morgan fingerprint density at radius 1 is 1.14 bits per heavy atom. The summed E-state index contributed by atoms with van der Waals surface area (Å²) in [7, 11) is 0. The molecule has 1 aromatic heterocycles. The Morgan fingerprint density at radius 3 is 2.57 bits per heavy atom. The molecule has 0 atom stereocenters. The fraction of sp³-hybridized carbons (Fsp3) is 0.412. The van der Waals surface area contributed by atoms with Gasteiger partial charge in [-0.15, -0.1) is 11.3 Å². The molecule has 0 radical (unpaired) electrons. The predicted octanol–water partition coefficient (Wildman–Crippen LogP) is 4.66. The summed E-state index contributed by atoms with van der Waals surface area (Å²) in [5, 5.41) is 3.31. The van der Waals surface area contributed by atoms with Crippen LogP contribution in [0, 0.1) is 5.82 Å². The lowest BCUT2D eigenvalue weighted by atomic mass is 10.2. The Hall–Kier alpha value is -1.55. The van der Waals surface area contributed by atoms with Crippen LogP contribution in [0.3, 0.4) is 0 Å². The number of hydrogen-bond acceptors (Lipinski definition) is 3. The largest absolute Gasteiger partial charge is 0.380 e. The normalized spacial score (nSPS) is 14.7. The zero-order valence-electron chi connectivity index (χ0n) is 12.4. The minimum atomic E-state index is -0.123. The maximum atomic E-state index is 14.2. The van der Waals surface area contributed by atoms with Crippen molar-refractivity contribution in [1.29, 1.82) is 0 Å². The fourth-order valence-corrected chi connectivity index (χ4v) is 3.63. The van der Waals surface area contributed by atoms with E-state index >= 15 is 0 Å². The molecule has 0 saturated carbocycles. The van der Waals surface area contributed by atoms with Crippen molar-refractivity contribution in [1.82, 2.24) is 0 Å². The van der Waals surface area contributed by atoms with Crippen LogP contribution in [0.1, 0.15) is 29.5 Å². The number of aryl methyl sites for hydroxylation is 1. The summed E-state index contributed by atoms with van der Waals surface area (Å²) in [6.07, 6.45) is 3.40. The first kappa shape index (κ1) is 14.4. The van der Waals surface area contributed by atoms with Crippen LogP contribution in [-0.2, 0) is 13.0 Å². The third-order valence-electron chi connectivity index (χ3n) is 3.93. The predicted molar refractivity (Wildman–Crippen MR) is 88.9 cm³/mol. The molecule has 1 aliphatic heterocycles. The molecule has 0 bridgehead atoms. The topological polar surface area (TPSA) is 15.3 Å². The Morgan fingerprint density at radius 2 is 1.90 bits per heavy atom. The number of halogens is 1. The van der Waals surface area contributed by atoms with Gasteiger partial charge in [0.05, 0.1) is 5.69 Å². The van der Waals surface area contributed by atoms with E-state index in [1.54, 1.807) is 6.07 Å². The molecule has 21 heavy (non-hydrogen) atoms. The highest BCUT2D eigenvalue weighted by Crippen LogP contribution is 2.26. The van der Waals surface area contributed by atoms with Gasteiger partial charge in [-0.3, -0.25) is 0 Å². The van der Waals surface area contributed by atoms with Gasteiger partial charge in [-0.2, -0.15) is 0 Å². The number of nitrogens with one attached hydrogen (secondary N) is 1. The zero-order valence-corrected chi connectivity index (χ0v) is 13.2. The maximum Gasteiger partial charge on any atom is 0.148 e. The number of anilines is 2. The van der Waals surface area contributed by atoms with Gasteiger partial charge in [0.25, 0.3) is 0 Å². The van der Waals surface area contributed by atoms with Crippen molar-refractivity contribution in [2.24, 2.45) is 0 Å². The molecule has 0 spiro atoms. The van der Waals surface area contributed by atoms with Crippen molar-refractivity contribution in [3.63, 3.8) is 0 Å². The molecule has 0 aliphatic carbocycles. The molecule has 1 aliphatic rings. The molecular weight excluding hydrogens is 283 g/mol. The average molecular weight is 304 g/mol. The molecule has 112 valence electrons. The van der Waals surface area contributed by atoms with Crippen LogP contribution < -0.4 is 10.2 Å². The Labute approximate surface area is 129 Å². The number of nitrogens with zero attached hydrogens (tertiary/aromatic N) is 1. The Bertz CT molecular complexity index is 603. The van der Waals surface area contributed by atoms with Gasteiger partial charge in [-0.1, -0.05) is 6.92 Å². The lowest BCUT2D eigenvalue weighted by molar-refractivity contribution is 0.623. The monoisotopic (exact) mass is 304 g/mol. The van der Waals surface area contributed by atoms with Crippen molar-refractivity contribution < 1.29 is 4.39 Å². The second-order valence-electron chi connectivity index (χ2n) is 5.44. The maximum absolute atomic E-state index is 14.2. The molecule has 1 fully saturated rings. The summed E-state index contributed by atoms with van der Waals surface area (Å²) < 4.78 is 14.2. The van der Waals surface area contributed by atoms with Crippen molar-refractivity contribution in [2.45, 2.75) is 32.7 Å². The summed E-state index contributed by atoms with van der Waals surface area (Å²) in [5.41, 5.74) is 1.59. The van der Waals surface area contributed by atoms with E-state index in [1.165, 1.54) is 9.75 Å². The first-order valence-corrected chi connectivity index (χ1v) is 8.44. The lowest BCUT2D eigenvalue weighted by Crippen LogP contribution is -2.18. The molecule has 1 saturated heterocycles. The smallest absolute Gasteiger partial charge is 0.148 e. The van der Waals surface area contributed by atoms with Crippen molar-refractivity contribution in [3.8, 4) is 0 Å². The zero-order chi connectivity index (χ0) is 14.7. The standard InChI is InChI=1S/C17H21FN2S/c1-2-14-6-7-15(21-14)12-19-13-5-8-17(16(18)11-13)20-9-3-4-10-20/h5-8,11,19H,2-4,9-10,12H2,1H3. The first-order chi connectivity index (χ1) is 10.3. The molecule has 4 heteroatoms. The molecule has 2 heterocycles. The second-order valence-corrected chi connectivity index (χ2v) is 6.69. The summed E-state index contributed by atoms with van der Waals surface area (Å²) in [4.78, 5) is 4.81. The second kappa shape index (κ2) is 6.48. The van der Waals surface area contributed by atoms with Gasteiger partial charge in [-0.05, 0) is 49.6 Å². The van der Waals surface area contributed by atoms with E-state index in [4.69, 9.17) is 0 Å². The molecule has 1 N–H and O–H groups in total. The van der Waals surface area contributed by atoms with E-state index in [0.717, 1.165) is 50.3 Å². The summed E-state index contributed by atoms with van der Waals surface area (Å²) >= 11 is 1.82. The molecule has 1 aromatic carbocycles. The van der Waals surface area contributed by atoms with E-state index < -0.39 is 0 Å². The molecule has 2 aromatic rings. The minimum absolute atomic E-state index is 0.123. The highest BCUT2D eigenvalue weighted by molar-refractivity contribution is 7.12. The van der Waals surface area contributed by atoms with E-state index in [0.29, 0.717) is 0 Å². The van der Waals surface area contributed by atoms with Gasteiger partial charge < -0.3 is 10.2 Å². The number of thiophene rings is 1. The minimum Gasteiger partial charge on any atom is -0.380 e. The van der Waals surface area contributed by atoms with Gasteiger partial charge in [0, 0.05) is 35.1 Å². The summed E-state index contributed by atoms with van der Waals surface area (Å²) in [6.45, 7) is 4.86. The van der Waals surface area contributed by atoms with Crippen LogP contribution in [0.15, 0.2) is 30.3 Å². The fourth-order valence-electron chi connectivity index (χ4n) is 2.73. The molecule has 0 unspecified atom stereocenters. The third-order valence-corrected chi connectivity index (χ3v) is 5.16. The first-order valence-electron chi connectivity index (χ1n) is 7.62. The lowest BCUT2D eigenvalue weighted by Gasteiger charge is -2.19. The van der Waals surface area contributed by atoms with Crippen LogP contribution in [0.5, 0.6) is 0 Å². The third kappa shape index (κ3) is 3.38. The molecular formula is C17H21FN2S. The Balaban J connectivity index is 1.64. The number of rotatable bonds is 5. The van der Waals surface area contributed by atoms with Gasteiger partial charge in [-0.25, -0.2) is 4.39 Å². The number of benzene rings is 1. The van der Waals surface area contributed by atoms with E-state index in [-0.39, 0.29) is 5.82 Å². The average Bonchev–Trinajstić information content (AvgIpc) is 3.16. The van der Waals surface area contributed by atoms with Gasteiger partial charge >= 0.3 is 0 Å². The SMILES string of the molecule is CCc1ccc(CNc2ccc(N3CCCC3)c(F)c2)s1. The van der Waals surface area contributed by atoms with Gasteiger partial charge in [0.1, 0.15) is 5.82 Å². The van der Waals surface area contributed by atoms with Crippen LogP contribution >= 0.6 is 11.3 Å². The summed E-state index contributed by atoms with van der Waals surface area (Å²) in [6, 6.07) is 9.80.